The van der Waals surface area contributed by atoms with Gasteiger partial charge in [0, 0.05) is 26.2 Å². The molecule has 0 aromatic heterocycles. The van der Waals surface area contributed by atoms with E-state index in [2.05, 4.69) is 15.6 Å². The number of guanidine groups is 1. The van der Waals surface area contributed by atoms with E-state index in [1.165, 1.54) is 5.56 Å². The van der Waals surface area contributed by atoms with Crippen molar-refractivity contribution in [2.75, 3.05) is 26.2 Å². The number of aliphatic imine (C=N–C) groups is 1. The molecule has 0 unspecified atom stereocenters. The molecule has 6 nitrogen and oxygen atoms in total. The van der Waals surface area contributed by atoms with Crippen LogP contribution < -0.4 is 10.6 Å². The van der Waals surface area contributed by atoms with Crippen molar-refractivity contribution in [3.05, 3.63) is 35.4 Å². The second-order valence-corrected chi connectivity index (χ2v) is 8.78. The first kappa shape index (κ1) is 26.0. The molecule has 0 radical (unpaired) electrons. The maximum atomic E-state index is 12.6. The van der Waals surface area contributed by atoms with Crippen LogP contribution in [0.2, 0.25) is 0 Å². The number of hydrogen-bond acceptors (Lipinski definition) is 3. The molecule has 1 aliphatic heterocycles. The Morgan fingerprint density at radius 3 is 2.28 bits per heavy atom. The lowest BCUT2D eigenvalue weighted by atomic mass is 9.98. The van der Waals surface area contributed by atoms with Gasteiger partial charge in [0.2, 0.25) is 0 Å². The topological polar surface area (TPSA) is 73.8 Å². The molecule has 1 saturated heterocycles. The van der Waals surface area contributed by atoms with E-state index in [0.717, 1.165) is 5.56 Å². The lowest BCUT2D eigenvalue weighted by Crippen LogP contribution is -2.47. The number of rotatable bonds is 6. The van der Waals surface area contributed by atoms with Crippen molar-refractivity contribution in [2.24, 2.45) is 10.9 Å². The lowest BCUT2D eigenvalue weighted by Gasteiger charge is -2.31. The molecule has 1 aromatic rings. The molecule has 0 aliphatic carbocycles. The standard InChI is InChI=1S/C18H27F3N4O2S.HI/c1-3-22-17(23-12-15-6-4-14(2)5-7-15)24-13-16-8-10-25(11-9-16)28(26,27)18(19,20)21;/h4-7,16H,3,8-13H2,1-2H3,(H2,22,23,24);1H. The van der Waals surface area contributed by atoms with Crippen LogP contribution in [0.1, 0.15) is 30.9 Å². The van der Waals surface area contributed by atoms with Crippen molar-refractivity contribution in [1.29, 1.82) is 0 Å². The number of aryl methyl sites for hydroxylation is 1. The van der Waals surface area contributed by atoms with Crippen molar-refractivity contribution < 1.29 is 21.6 Å². The fourth-order valence-electron chi connectivity index (χ4n) is 2.95. The minimum absolute atomic E-state index is 0. The Labute approximate surface area is 187 Å². The Bertz CT molecular complexity index is 762. The van der Waals surface area contributed by atoms with Gasteiger partial charge in [0.1, 0.15) is 0 Å². The van der Waals surface area contributed by atoms with Gasteiger partial charge in [-0.25, -0.2) is 13.4 Å². The lowest BCUT2D eigenvalue weighted by molar-refractivity contribution is -0.0496. The molecule has 29 heavy (non-hydrogen) atoms. The van der Waals surface area contributed by atoms with Gasteiger partial charge < -0.3 is 10.6 Å². The first-order chi connectivity index (χ1) is 13.1. The Kier molecular flexibility index (Phi) is 10.2. The molecular formula is C18H28F3IN4O2S. The maximum absolute atomic E-state index is 12.6. The third-order valence-corrected chi connectivity index (χ3v) is 6.28. The summed E-state index contributed by atoms with van der Waals surface area (Å²) in [6, 6.07) is 8.07. The van der Waals surface area contributed by atoms with Gasteiger partial charge in [-0.2, -0.15) is 17.5 Å². The largest absolute Gasteiger partial charge is 0.511 e. The highest BCUT2D eigenvalue weighted by Gasteiger charge is 2.50. The summed E-state index contributed by atoms with van der Waals surface area (Å²) in [7, 11) is -5.23. The molecule has 0 atom stereocenters. The Balaban J connectivity index is 0.00000420. The molecule has 2 rings (SSSR count). The highest BCUT2D eigenvalue weighted by molar-refractivity contribution is 14.0. The summed E-state index contributed by atoms with van der Waals surface area (Å²) in [6.45, 7) is 5.45. The summed E-state index contributed by atoms with van der Waals surface area (Å²) in [5.41, 5.74) is -2.98. The zero-order valence-electron chi connectivity index (χ0n) is 16.5. The number of nitrogens with zero attached hydrogens (tertiary/aromatic N) is 2. The summed E-state index contributed by atoms with van der Waals surface area (Å²) in [5.74, 6) is 0.719. The predicted octanol–water partition coefficient (Wildman–Crippen LogP) is 3.23. The summed E-state index contributed by atoms with van der Waals surface area (Å²) in [6.07, 6.45) is 0.749. The van der Waals surface area contributed by atoms with E-state index in [1.54, 1.807) is 0 Å². The van der Waals surface area contributed by atoms with Gasteiger partial charge in [0.05, 0.1) is 6.54 Å². The van der Waals surface area contributed by atoms with Crippen LogP contribution in [0.25, 0.3) is 0 Å². The van der Waals surface area contributed by atoms with Crippen molar-refractivity contribution in [3.8, 4) is 0 Å². The molecule has 11 heteroatoms. The fourth-order valence-corrected chi connectivity index (χ4v) is 3.93. The van der Waals surface area contributed by atoms with Gasteiger partial charge in [0.15, 0.2) is 5.96 Å². The van der Waals surface area contributed by atoms with Crippen LogP contribution in [0.4, 0.5) is 13.2 Å². The zero-order valence-corrected chi connectivity index (χ0v) is 19.6. The number of nitrogens with one attached hydrogen (secondary N) is 2. The molecule has 166 valence electrons. The van der Waals surface area contributed by atoms with Crippen molar-refractivity contribution in [3.63, 3.8) is 0 Å². The van der Waals surface area contributed by atoms with Crippen LogP contribution in [-0.4, -0.2) is 50.4 Å². The Hall–Kier alpha value is -1.08. The molecule has 1 aromatic carbocycles. The minimum Gasteiger partial charge on any atom is -0.357 e. The van der Waals surface area contributed by atoms with Crippen LogP contribution in [0, 0.1) is 12.8 Å². The maximum Gasteiger partial charge on any atom is 0.511 e. The minimum atomic E-state index is -5.24. The number of alkyl halides is 3. The number of sulfonamides is 1. The Morgan fingerprint density at radius 1 is 1.17 bits per heavy atom. The molecule has 2 N–H and O–H groups in total. The molecule has 1 fully saturated rings. The van der Waals surface area contributed by atoms with E-state index < -0.39 is 15.5 Å². The number of hydrogen-bond donors (Lipinski definition) is 2. The molecule has 0 bridgehead atoms. The highest BCUT2D eigenvalue weighted by atomic mass is 127. The smallest absolute Gasteiger partial charge is 0.357 e. The first-order valence-corrected chi connectivity index (χ1v) is 10.7. The van der Waals surface area contributed by atoms with E-state index in [0.29, 0.717) is 42.7 Å². The van der Waals surface area contributed by atoms with Crippen molar-refractivity contribution in [1.82, 2.24) is 14.9 Å². The molecule has 0 amide bonds. The van der Waals surface area contributed by atoms with Crippen molar-refractivity contribution >= 4 is 40.0 Å². The summed E-state index contributed by atoms with van der Waals surface area (Å²) in [4.78, 5) is 4.52. The predicted molar refractivity (Wildman–Crippen MR) is 119 cm³/mol. The first-order valence-electron chi connectivity index (χ1n) is 9.27. The average Bonchev–Trinajstić information content (AvgIpc) is 2.65. The van der Waals surface area contributed by atoms with Crippen LogP contribution in [-0.2, 0) is 16.6 Å². The normalized spacial score (nSPS) is 16.9. The summed E-state index contributed by atoms with van der Waals surface area (Å²) < 4.78 is 61.4. The van der Waals surface area contributed by atoms with Crippen LogP contribution >= 0.6 is 24.0 Å². The van der Waals surface area contributed by atoms with E-state index in [4.69, 9.17) is 0 Å². The van der Waals surface area contributed by atoms with Gasteiger partial charge in [-0.3, -0.25) is 0 Å². The fraction of sp³-hybridized carbons (Fsp3) is 0.611. The third kappa shape index (κ3) is 7.59. The second-order valence-electron chi connectivity index (χ2n) is 6.85. The Morgan fingerprint density at radius 2 is 1.76 bits per heavy atom. The molecule has 1 heterocycles. The monoisotopic (exact) mass is 548 g/mol. The van der Waals surface area contributed by atoms with Gasteiger partial charge >= 0.3 is 15.5 Å². The van der Waals surface area contributed by atoms with Gasteiger partial charge in [-0.1, -0.05) is 29.8 Å². The molecule has 0 spiro atoms. The molecule has 1 aliphatic rings. The molecular weight excluding hydrogens is 520 g/mol. The van der Waals surface area contributed by atoms with E-state index in [9.17, 15) is 21.6 Å². The van der Waals surface area contributed by atoms with E-state index >= 15 is 0 Å². The number of halogens is 4. The van der Waals surface area contributed by atoms with Gasteiger partial charge in [0.25, 0.3) is 0 Å². The highest BCUT2D eigenvalue weighted by Crippen LogP contribution is 2.30. The van der Waals surface area contributed by atoms with E-state index in [-0.39, 0.29) is 43.0 Å². The summed E-state index contributed by atoms with van der Waals surface area (Å²) in [5, 5.41) is 6.35. The SMILES string of the molecule is CCNC(=NCc1ccc(C)cc1)NCC1CCN(S(=O)(=O)C(F)(F)F)CC1.I. The zero-order chi connectivity index (χ0) is 20.8. The summed E-state index contributed by atoms with van der Waals surface area (Å²) >= 11 is 0. The quantitative estimate of drug-likeness (QED) is 0.326. The average molecular weight is 548 g/mol. The number of piperidine rings is 1. The van der Waals surface area contributed by atoms with Crippen LogP contribution in [0.15, 0.2) is 29.3 Å². The number of benzene rings is 1. The van der Waals surface area contributed by atoms with Crippen molar-refractivity contribution in [2.45, 2.75) is 38.7 Å². The van der Waals surface area contributed by atoms with Crippen LogP contribution in [0.3, 0.4) is 0 Å². The second kappa shape index (κ2) is 11.3. The van der Waals surface area contributed by atoms with E-state index in [1.807, 2.05) is 38.1 Å². The third-order valence-electron chi connectivity index (χ3n) is 4.65. The van der Waals surface area contributed by atoms with Gasteiger partial charge in [-0.15, -0.1) is 24.0 Å². The molecule has 0 saturated carbocycles. The van der Waals surface area contributed by atoms with Crippen LogP contribution in [0.5, 0.6) is 0 Å². The van der Waals surface area contributed by atoms with Gasteiger partial charge in [-0.05, 0) is 38.2 Å².